The number of aromatic nitrogens is 2. The van der Waals surface area contributed by atoms with Crippen LogP contribution in [0.2, 0.25) is 0 Å². The lowest BCUT2D eigenvalue weighted by atomic mass is 10.2. The molecule has 0 spiro atoms. The molecule has 0 N–H and O–H groups in total. The summed E-state index contributed by atoms with van der Waals surface area (Å²) in [5, 5.41) is 0. The number of ether oxygens (including phenoxy) is 1. The van der Waals surface area contributed by atoms with Crippen LogP contribution >= 0.6 is 0 Å². The van der Waals surface area contributed by atoms with Crippen LogP contribution in [0.25, 0.3) is 17.1 Å². The molecular weight excluding hydrogens is 352 g/mol. The van der Waals surface area contributed by atoms with Gasteiger partial charge in [-0.1, -0.05) is 24.3 Å². The van der Waals surface area contributed by atoms with Crippen LogP contribution in [0.5, 0.6) is 5.75 Å². The second kappa shape index (κ2) is 8.08. The van der Waals surface area contributed by atoms with Gasteiger partial charge in [0.05, 0.1) is 35.7 Å². The first-order chi connectivity index (χ1) is 13.7. The van der Waals surface area contributed by atoms with Gasteiger partial charge in [0.15, 0.2) is 0 Å². The van der Waals surface area contributed by atoms with Crippen LogP contribution in [0.3, 0.4) is 0 Å². The van der Waals surface area contributed by atoms with E-state index in [0.29, 0.717) is 18.8 Å². The number of fused-ring (bicyclic) bond motifs is 1. The molecular formula is C22H22N4O2. The maximum Gasteiger partial charge on any atom is 0.246 e. The highest BCUT2D eigenvalue weighted by molar-refractivity contribution is 5.92. The van der Waals surface area contributed by atoms with E-state index in [2.05, 4.69) is 20.9 Å². The Balaban J connectivity index is 1.39. The van der Waals surface area contributed by atoms with E-state index in [1.165, 1.54) is 0 Å². The van der Waals surface area contributed by atoms with Crippen molar-refractivity contribution >= 4 is 28.7 Å². The average Bonchev–Trinajstić information content (AvgIpc) is 2.77. The van der Waals surface area contributed by atoms with Gasteiger partial charge in [0.2, 0.25) is 5.91 Å². The number of rotatable bonds is 4. The zero-order valence-corrected chi connectivity index (χ0v) is 15.8. The summed E-state index contributed by atoms with van der Waals surface area (Å²) < 4.78 is 5.44. The topological polar surface area (TPSA) is 58.6 Å². The quantitative estimate of drug-likeness (QED) is 0.657. The van der Waals surface area contributed by atoms with Gasteiger partial charge < -0.3 is 14.5 Å². The number of nitrogens with zero attached hydrogens (tertiary/aromatic N) is 4. The molecule has 2 aromatic carbocycles. The Morgan fingerprint density at radius 1 is 1.00 bits per heavy atom. The van der Waals surface area contributed by atoms with E-state index in [1.807, 2.05) is 47.4 Å². The highest BCUT2D eigenvalue weighted by Gasteiger charge is 2.21. The molecule has 1 amide bonds. The lowest BCUT2D eigenvalue weighted by Gasteiger charge is -2.36. The third-order valence-electron chi connectivity index (χ3n) is 4.88. The SMILES string of the molecule is COc1ccccc1N1CCN(C(=O)/C=C/c2cnc3ccccc3n2)CC1. The third kappa shape index (κ3) is 3.81. The van der Waals surface area contributed by atoms with Gasteiger partial charge in [0.1, 0.15) is 5.75 Å². The number of hydrogen-bond donors (Lipinski definition) is 0. The third-order valence-corrected chi connectivity index (χ3v) is 4.88. The van der Waals surface area contributed by atoms with Crippen LogP contribution in [0.1, 0.15) is 5.69 Å². The minimum atomic E-state index is -0.00497. The predicted octanol–water partition coefficient (Wildman–Crippen LogP) is 3.00. The van der Waals surface area contributed by atoms with Gasteiger partial charge in [-0.25, -0.2) is 4.98 Å². The van der Waals surface area contributed by atoms with Gasteiger partial charge in [0.25, 0.3) is 0 Å². The lowest BCUT2D eigenvalue weighted by molar-refractivity contribution is -0.126. The van der Waals surface area contributed by atoms with Gasteiger partial charge in [-0.05, 0) is 30.3 Å². The van der Waals surface area contributed by atoms with Crippen molar-refractivity contribution in [3.05, 3.63) is 66.5 Å². The van der Waals surface area contributed by atoms with Crippen LogP contribution in [0.4, 0.5) is 5.69 Å². The first-order valence-electron chi connectivity index (χ1n) is 9.31. The van der Waals surface area contributed by atoms with Gasteiger partial charge >= 0.3 is 0 Å². The molecule has 0 saturated carbocycles. The second-order valence-corrected chi connectivity index (χ2v) is 6.60. The van der Waals surface area contributed by atoms with E-state index in [0.717, 1.165) is 35.6 Å². The fourth-order valence-electron chi connectivity index (χ4n) is 3.37. The molecule has 4 rings (SSSR count). The molecule has 1 aliphatic heterocycles. The number of hydrogen-bond acceptors (Lipinski definition) is 5. The van der Waals surface area contributed by atoms with Crippen LogP contribution in [0.15, 0.2) is 60.8 Å². The maximum atomic E-state index is 12.5. The van der Waals surface area contributed by atoms with Crippen LogP contribution < -0.4 is 9.64 Å². The number of benzene rings is 2. The monoisotopic (exact) mass is 374 g/mol. The minimum absolute atomic E-state index is 0.00497. The molecule has 0 unspecified atom stereocenters. The summed E-state index contributed by atoms with van der Waals surface area (Å²) in [4.78, 5) is 25.6. The summed E-state index contributed by atoms with van der Waals surface area (Å²) in [6.45, 7) is 2.89. The number of anilines is 1. The minimum Gasteiger partial charge on any atom is -0.495 e. The predicted molar refractivity (Wildman–Crippen MR) is 110 cm³/mol. The Bertz CT molecular complexity index is 1010. The second-order valence-electron chi connectivity index (χ2n) is 6.60. The van der Waals surface area contributed by atoms with Crippen LogP contribution in [-0.4, -0.2) is 54.1 Å². The molecule has 2 heterocycles. The first-order valence-corrected chi connectivity index (χ1v) is 9.31. The summed E-state index contributed by atoms with van der Waals surface area (Å²) in [5.74, 6) is 0.853. The summed E-state index contributed by atoms with van der Waals surface area (Å²) in [5.41, 5.74) is 3.42. The maximum absolute atomic E-state index is 12.5. The highest BCUT2D eigenvalue weighted by atomic mass is 16.5. The normalized spacial score (nSPS) is 14.6. The molecule has 0 radical (unpaired) electrons. The molecule has 6 heteroatoms. The van der Waals surface area contributed by atoms with Gasteiger partial charge in [-0.15, -0.1) is 0 Å². The van der Waals surface area contributed by atoms with E-state index in [1.54, 1.807) is 25.5 Å². The zero-order valence-electron chi connectivity index (χ0n) is 15.8. The zero-order chi connectivity index (χ0) is 19.3. The average molecular weight is 374 g/mol. The summed E-state index contributed by atoms with van der Waals surface area (Å²) in [7, 11) is 1.68. The van der Waals surface area contributed by atoms with Crippen molar-refractivity contribution in [2.24, 2.45) is 0 Å². The van der Waals surface area contributed by atoms with E-state index in [9.17, 15) is 4.79 Å². The van der Waals surface area contributed by atoms with Gasteiger partial charge in [-0.3, -0.25) is 9.78 Å². The van der Waals surface area contributed by atoms with Crippen molar-refractivity contribution in [3.8, 4) is 5.75 Å². The smallest absolute Gasteiger partial charge is 0.246 e. The molecule has 3 aromatic rings. The van der Waals surface area contributed by atoms with Gasteiger partial charge in [-0.2, -0.15) is 0 Å². The molecule has 1 fully saturated rings. The standard InChI is InChI=1S/C22H22N4O2/c1-28-21-9-5-4-8-20(21)25-12-14-26(15-13-25)22(27)11-10-17-16-23-18-6-2-3-7-19(18)24-17/h2-11,16H,12-15H2,1H3/b11-10+. The van der Waals surface area contributed by atoms with Crippen molar-refractivity contribution in [1.29, 1.82) is 0 Å². The Labute approximate surface area is 164 Å². The van der Waals surface area contributed by atoms with E-state index in [4.69, 9.17) is 4.74 Å². The Hall–Kier alpha value is -3.41. The fraction of sp³-hybridized carbons (Fsp3) is 0.227. The van der Waals surface area contributed by atoms with Crippen molar-refractivity contribution in [3.63, 3.8) is 0 Å². The Morgan fingerprint density at radius 3 is 2.50 bits per heavy atom. The van der Waals surface area contributed by atoms with E-state index < -0.39 is 0 Å². The Kier molecular flexibility index (Phi) is 5.19. The molecule has 28 heavy (non-hydrogen) atoms. The van der Waals surface area contributed by atoms with E-state index >= 15 is 0 Å². The summed E-state index contributed by atoms with van der Waals surface area (Å²) >= 11 is 0. The van der Waals surface area contributed by atoms with Crippen molar-refractivity contribution < 1.29 is 9.53 Å². The van der Waals surface area contributed by atoms with Crippen LogP contribution in [-0.2, 0) is 4.79 Å². The largest absolute Gasteiger partial charge is 0.495 e. The molecule has 0 bridgehead atoms. The molecule has 0 aliphatic carbocycles. The van der Waals surface area contributed by atoms with Crippen molar-refractivity contribution in [1.82, 2.24) is 14.9 Å². The molecule has 1 saturated heterocycles. The number of piperazine rings is 1. The number of methoxy groups -OCH3 is 1. The van der Waals surface area contributed by atoms with Crippen molar-refractivity contribution in [2.75, 3.05) is 38.2 Å². The van der Waals surface area contributed by atoms with Crippen LogP contribution in [0, 0.1) is 0 Å². The summed E-state index contributed by atoms with van der Waals surface area (Å²) in [6.07, 6.45) is 5.00. The lowest BCUT2D eigenvalue weighted by Crippen LogP contribution is -2.48. The van der Waals surface area contributed by atoms with E-state index in [-0.39, 0.29) is 5.91 Å². The fourth-order valence-corrected chi connectivity index (χ4v) is 3.37. The molecule has 142 valence electrons. The number of carbonyl (C=O) groups is 1. The molecule has 6 nitrogen and oxygen atoms in total. The summed E-state index contributed by atoms with van der Waals surface area (Å²) in [6, 6.07) is 15.7. The first kappa shape index (κ1) is 18.0. The molecule has 1 aliphatic rings. The number of amides is 1. The van der Waals surface area contributed by atoms with Gasteiger partial charge in [0, 0.05) is 32.3 Å². The number of para-hydroxylation sites is 4. The molecule has 1 aromatic heterocycles. The Morgan fingerprint density at radius 2 is 1.71 bits per heavy atom. The highest BCUT2D eigenvalue weighted by Crippen LogP contribution is 2.28. The molecule has 0 atom stereocenters. The number of carbonyl (C=O) groups excluding carboxylic acids is 1. The van der Waals surface area contributed by atoms with Crippen molar-refractivity contribution in [2.45, 2.75) is 0 Å².